The lowest BCUT2D eigenvalue weighted by atomic mass is 9.95. The molecule has 5 nitrogen and oxygen atoms in total. The molecule has 1 aliphatic carbocycles. The number of rotatable bonds is 9. The van der Waals surface area contributed by atoms with E-state index in [1.165, 1.54) is 12.0 Å². The molecule has 0 unspecified atom stereocenters. The fourth-order valence-corrected chi connectivity index (χ4v) is 4.24. The molecule has 1 fully saturated rings. The molecule has 2 aromatic rings. The minimum atomic E-state index is -0.609. The Hall–Kier alpha value is -2.53. The Balaban J connectivity index is 1.68. The number of hydrogen-bond donors (Lipinski definition) is 1. The van der Waals surface area contributed by atoms with E-state index in [1.807, 2.05) is 36.4 Å². The Kier molecular flexibility index (Phi) is 9.19. The molecule has 3 rings (SSSR count). The van der Waals surface area contributed by atoms with Crippen LogP contribution >= 0.6 is 11.6 Å². The van der Waals surface area contributed by atoms with Crippen molar-refractivity contribution >= 4 is 23.4 Å². The number of hydrogen-bond acceptors (Lipinski definition) is 3. The van der Waals surface area contributed by atoms with Gasteiger partial charge in [-0.05, 0) is 61.1 Å². The molecule has 33 heavy (non-hydrogen) atoms. The maximum Gasteiger partial charge on any atom is 0.261 e. The highest BCUT2D eigenvalue weighted by molar-refractivity contribution is 6.30. The van der Waals surface area contributed by atoms with Gasteiger partial charge in [-0.3, -0.25) is 9.59 Å². The van der Waals surface area contributed by atoms with Crippen LogP contribution in [-0.2, 0) is 16.1 Å². The van der Waals surface area contributed by atoms with Gasteiger partial charge in [0.15, 0.2) is 6.61 Å². The summed E-state index contributed by atoms with van der Waals surface area (Å²) in [5.41, 5.74) is 2.12. The SMILES string of the molecule is CC(C)c1ccc(OCC(=O)N(Cc2ccc(Cl)cc2)[C@@H](C)C(=O)NC2CCCCC2)cc1. The lowest BCUT2D eigenvalue weighted by Gasteiger charge is -2.31. The second-order valence-corrected chi connectivity index (χ2v) is 9.62. The third-order valence-electron chi connectivity index (χ3n) is 6.29. The topological polar surface area (TPSA) is 58.6 Å². The van der Waals surface area contributed by atoms with Crippen molar-refractivity contribution in [3.63, 3.8) is 0 Å². The second-order valence-electron chi connectivity index (χ2n) is 9.18. The van der Waals surface area contributed by atoms with Crippen LogP contribution in [-0.4, -0.2) is 35.4 Å². The molecular formula is C27H35ClN2O3. The molecular weight excluding hydrogens is 436 g/mol. The normalized spacial score (nSPS) is 15.2. The number of benzene rings is 2. The first-order valence-corrected chi connectivity index (χ1v) is 12.3. The molecule has 0 radical (unpaired) electrons. The summed E-state index contributed by atoms with van der Waals surface area (Å²) in [6.45, 7) is 6.23. The van der Waals surface area contributed by atoms with Crippen LogP contribution in [0.4, 0.5) is 0 Å². The third-order valence-corrected chi connectivity index (χ3v) is 6.55. The molecule has 1 saturated carbocycles. The highest BCUT2D eigenvalue weighted by atomic mass is 35.5. The largest absolute Gasteiger partial charge is 0.484 e. The molecule has 0 aliphatic heterocycles. The van der Waals surface area contributed by atoms with Crippen LogP contribution in [0.5, 0.6) is 5.75 Å². The van der Waals surface area contributed by atoms with Gasteiger partial charge in [0, 0.05) is 17.6 Å². The lowest BCUT2D eigenvalue weighted by Crippen LogP contribution is -2.51. The highest BCUT2D eigenvalue weighted by Gasteiger charge is 2.28. The van der Waals surface area contributed by atoms with Gasteiger partial charge in [0.1, 0.15) is 11.8 Å². The lowest BCUT2D eigenvalue weighted by molar-refractivity contribution is -0.142. The van der Waals surface area contributed by atoms with Gasteiger partial charge in [-0.15, -0.1) is 0 Å². The zero-order valence-electron chi connectivity index (χ0n) is 19.9. The van der Waals surface area contributed by atoms with Crippen molar-refractivity contribution in [1.29, 1.82) is 0 Å². The Morgan fingerprint density at radius 3 is 2.24 bits per heavy atom. The van der Waals surface area contributed by atoms with Crippen LogP contribution in [0.25, 0.3) is 0 Å². The van der Waals surface area contributed by atoms with Crippen LogP contribution in [0.3, 0.4) is 0 Å². The number of carbonyl (C=O) groups excluding carboxylic acids is 2. The number of nitrogens with zero attached hydrogens (tertiary/aromatic N) is 1. The van der Waals surface area contributed by atoms with Crippen LogP contribution in [0, 0.1) is 0 Å². The van der Waals surface area contributed by atoms with Gasteiger partial charge in [-0.25, -0.2) is 0 Å². The summed E-state index contributed by atoms with van der Waals surface area (Å²) in [7, 11) is 0. The molecule has 1 atom stereocenters. The number of nitrogens with one attached hydrogen (secondary N) is 1. The summed E-state index contributed by atoms with van der Waals surface area (Å²) < 4.78 is 5.78. The Morgan fingerprint density at radius 2 is 1.64 bits per heavy atom. The molecule has 2 aromatic carbocycles. The van der Waals surface area contributed by atoms with E-state index in [0.717, 1.165) is 31.2 Å². The first kappa shape index (κ1) is 25.1. The predicted octanol–water partition coefficient (Wildman–Crippen LogP) is 5.71. The molecule has 178 valence electrons. The van der Waals surface area contributed by atoms with Crippen molar-refractivity contribution in [2.24, 2.45) is 0 Å². The van der Waals surface area contributed by atoms with E-state index in [0.29, 0.717) is 23.2 Å². The number of halogens is 1. The van der Waals surface area contributed by atoms with Crippen LogP contribution < -0.4 is 10.1 Å². The van der Waals surface area contributed by atoms with E-state index < -0.39 is 6.04 Å². The van der Waals surface area contributed by atoms with Gasteiger partial charge < -0.3 is 15.0 Å². The average Bonchev–Trinajstić information content (AvgIpc) is 2.82. The van der Waals surface area contributed by atoms with Gasteiger partial charge in [0.25, 0.3) is 5.91 Å². The summed E-state index contributed by atoms with van der Waals surface area (Å²) in [4.78, 5) is 27.8. The highest BCUT2D eigenvalue weighted by Crippen LogP contribution is 2.20. The predicted molar refractivity (Wildman–Crippen MR) is 133 cm³/mol. The average molecular weight is 471 g/mol. The van der Waals surface area contributed by atoms with Crippen LogP contribution in [0.1, 0.15) is 69.9 Å². The first-order chi connectivity index (χ1) is 15.8. The van der Waals surface area contributed by atoms with Gasteiger partial charge in [0.05, 0.1) is 0 Å². The Labute approximate surface area is 202 Å². The zero-order valence-corrected chi connectivity index (χ0v) is 20.6. The minimum absolute atomic E-state index is 0.120. The molecule has 6 heteroatoms. The molecule has 0 bridgehead atoms. The van der Waals surface area contributed by atoms with Crippen molar-refractivity contribution in [2.75, 3.05) is 6.61 Å². The molecule has 2 amide bonds. The van der Waals surface area contributed by atoms with Gasteiger partial charge in [0.2, 0.25) is 5.91 Å². The van der Waals surface area contributed by atoms with E-state index >= 15 is 0 Å². The molecule has 0 spiro atoms. The molecule has 0 saturated heterocycles. The van der Waals surface area contributed by atoms with Gasteiger partial charge in [-0.2, -0.15) is 0 Å². The summed E-state index contributed by atoms with van der Waals surface area (Å²) in [6, 6.07) is 14.7. The third kappa shape index (κ3) is 7.50. The molecule has 0 heterocycles. The maximum atomic E-state index is 13.2. The standard InChI is InChI=1S/C27H35ClN2O3/c1-19(2)22-11-15-25(16-12-22)33-18-26(31)30(17-21-9-13-23(28)14-10-21)20(3)27(32)29-24-7-5-4-6-8-24/h9-16,19-20,24H,4-8,17-18H2,1-3H3,(H,29,32)/t20-/m0/s1. The minimum Gasteiger partial charge on any atom is -0.484 e. The fraction of sp³-hybridized carbons (Fsp3) is 0.481. The van der Waals surface area contributed by atoms with Crippen molar-refractivity contribution in [3.05, 3.63) is 64.7 Å². The van der Waals surface area contributed by atoms with Crippen molar-refractivity contribution in [1.82, 2.24) is 10.2 Å². The molecule has 0 aromatic heterocycles. The number of carbonyl (C=O) groups is 2. The van der Waals surface area contributed by atoms with E-state index in [4.69, 9.17) is 16.3 Å². The van der Waals surface area contributed by atoms with E-state index in [2.05, 4.69) is 19.2 Å². The summed E-state index contributed by atoms with van der Waals surface area (Å²) in [5, 5.41) is 3.78. The fourth-order valence-electron chi connectivity index (χ4n) is 4.11. The molecule has 1 N–H and O–H groups in total. The number of ether oxygens (including phenoxy) is 1. The van der Waals surface area contributed by atoms with E-state index in [9.17, 15) is 9.59 Å². The first-order valence-electron chi connectivity index (χ1n) is 11.9. The Bertz CT molecular complexity index is 906. The monoisotopic (exact) mass is 470 g/mol. The summed E-state index contributed by atoms with van der Waals surface area (Å²) in [6.07, 6.45) is 5.49. The molecule has 1 aliphatic rings. The van der Waals surface area contributed by atoms with Crippen molar-refractivity contribution in [3.8, 4) is 5.75 Å². The van der Waals surface area contributed by atoms with Crippen molar-refractivity contribution in [2.45, 2.75) is 77.4 Å². The quantitative estimate of drug-likeness (QED) is 0.510. The summed E-state index contributed by atoms with van der Waals surface area (Å²) >= 11 is 6.02. The Morgan fingerprint density at radius 1 is 1.00 bits per heavy atom. The number of amides is 2. The van der Waals surface area contributed by atoms with E-state index in [1.54, 1.807) is 24.0 Å². The second kappa shape index (κ2) is 12.1. The van der Waals surface area contributed by atoms with Crippen molar-refractivity contribution < 1.29 is 14.3 Å². The zero-order chi connectivity index (χ0) is 23.8. The van der Waals surface area contributed by atoms with Crippen LogP contribution in [0.2, 0.25) is 5.02 Å². The van der Waals surface area contributed by atoms with Crippen LogP contribution in [0.15, 0.2) is 48.5 Å². The smallest absolute Gasteiger partial charge is 0.261 e. The van der Waals surface area contributed by atoms with Gasteiger partial charge in [-0.1, -0.05) is 69.0 Å². The van der Waals surface area contributed by atoms with Gasteiger partial charge >= 0.3 is 0 Å². The summed E-state index contributed by atoms with van der Waals surface area (Å²) in [5.74, 6) is 0.715. The maximum absolute atomic E-state index is 13.2. The van der Waals surface area contributed by atoms with E-state index in [-0.39, 0.29) is 24.5 Å².